The van der Waals surface area contributed by atoms with Crippen LogP contribution < -0.4 is 11.1 Å². The minimum Gasteiger partial charge on any atom is -0.392 e. The van der Waals surface area contributed by atoms with E-state index in [1.165, 1.54) is 25.7 Å². The Bertz CT molecular complexity index is 313. The second-order valence-electron chi connectivity index (χ2n) is 5.48. The van der Waals surface area contributed by atoms with E-state index in [-0.39, 0.29) is 10.9 Å². The van der Waals surface area contributed by atoms with E-state index in [1.54, 1.807) is 0 Å². The molecular formula is C13H24N2OS. The molecule has 98 valence electrons. The van der Waals surface area contributed by atoms with Crippen LogP contribution in [-0.4, -0.2) is 17.4 Å². The van der Waals surface area contributed by atoms with Gasteiger partial charge in [-0.2, -0.15) is 0 Å². The van der Waals surface area contributed by atoms with Crippen LogP contribution in [0.3, 0.4) is 0 Å². The van der Waals surface area contributed by atoms with Crippen molar-refractivity contribution >= 4 is 23.1 Å². The second kappa shape index (κ2) is 5.34. The minimum absolute atomic E-state index is 0.0186. The van der Waals surface area contributed by atoms with E-state index < -0.39 is 5.41 Å². The molecule has 0 radical (unpaired) electrons. The molecular weight excluding hydrogens is 232 g/mol. The first-order valence-corrected chi connectivity index (χ1v) is 6.89. The molecule has 1 aliphatic carbocycles. The van der Waals surface area contributed by atoms with Gasteiger partial charge in [-0.25, -0.2) is 0 Å². The third kappa shape index (κ3) is 3.18. The van der Waals surface area contributed by atoms with Crippen LogP contribution in [-0.2, 0) is 4.79 Å². The van der Waals surface area contributed by atoms with Crippen LogP contribution in [0.25, 0.3) is 0 Å². The minimum atomic E-state index is -0.697. The number of nitrogens with two attached hydrogens (primary N) is 1. The molecule has 0 aromatic heterocycles. The van der Waals surface area contributed by atoms with Crippen molar-refractivity contribution in [3.63, 3.8) is 0 Å². The van der Waals surface area contributed by atoms with Crippen LogP contribution in [0.15, 0.2) is 0 Å². The molecule has 0 saturated heterocycles. The fraction of sp³-hybridized carbons (Fsp3) is 0.846. The molecule has 17 heavy (non-hydrogen) atoms. The van der Waals surface area contributed by atoms with Crippen molar-refractivity contribution in [3.8, 4) is 0 Å². The average molecular weight is 256 g/mol. The van der Waals surface area contributed by atoms with Crippen molar-refractivity contribution in [1.29, 1.82) is 0 Å². The lowest BCUT2D eigenvalue weighted by Crippen LogP contribution is -2.47. The highest BCUT2D eigenvalue weighted by Crippen LogP contribution is 2.49. The van der Waals surface area contributed by atoms with E-state index in [9.17, 15) is 4.79 Å². The van der Waals surface area contributed by atoms with Gasteiger partial charge in [0.1, 0.15) is 0 Å². The number of carbonyl (C=O) groups excluding carboxylic acids is 1. The number of amides is 1. The van der Waals surface area contributed by atoms with Crippen LogP contribution in [0.2, 0.25) is 0 Å². The Morgan fingerprint density at radius 1 is 1.47 bits per heavy atom. The van der Waals surface area contributed by atoms with Gasteiger partial charge in [0.15, 0.2) is 0 Å². The molecule has 0 aromatic rings. The Morgan fingerprint density at radius 3 is 2.41 bits per heavy atom. The summed E-state index contributed by atoms with van der Waals surface area (Å²) < 4.78 is 0. The lowest BCUT2D eigenvalue weighted by atomic mass is 9.86. The maximum absolute atomic E-state index is 12.1. The quantitative estimate of drug-likeness (QED) is 0.688. The van der Waals surface area contributed by atoms with Gasteiger partial charge >= 0.3 is 0 Å². The van der Waals surface area contributed by atoms with Crippen LogP contribution in [0.4, 0.5) is 0 Å². The molecule has 0 bridgehead atoms. The van der Waals surface area contributed by atoms with Gasteiger partial charge in [0.05, 0.1) is 10.4 Å². The summed E-state index contributed by atoms with van der Waals surface area (Å²) in [4.78, 5) is 12.4. The Hall–Kier alpha value is -0.640. The SMILES string of the molecule is CCCC1(CNC(=O)C(C)(CC)C(N)=S)CC1. The standard InChI is InChI=1S/C13H24N2OS/c1-4-6-13(7-8-13)9-15-11(16)12(3,5-2)10(14)17/h4-9H2,1-3H3,(H2,14,17)(H,15,16). The normalized spacial score (nSPS) is 20.4. The first-order valence-electron chi connectivity index (χ1n) is 6.48. The summed E-state index contributed by atoms with van der Waals surface area (Å²) in [6.45, 7) is 6.73. The van der Waals surface area contributed by atoms with E-state index >= 15 is 0 Å². The zero-order valence-electron chi connectivity index (χ0n) is 11.1. The molecule has 1 amide bonds. The Labute approximate surface area is 110 Å². The molecule has 4 heteroatoms. The number of carbonyl (C=O) groups is 1. The van der Waals surface area contributed by atoms with Gasteiger partial charge in [-0.3, -0.25) is 4.79 Å². The van der Waals surface area contributed by atoms with Crippen LogP contribution in [0.1, 0.15) is 52.9 Å². The van der Waals surface area contributed by atoms with Crippen LogP contribution in [0, 0.1) is 10.8 Å². The van der Waals surface area contributed by atoms with Crippen molar-refractivity contribution in [1.82, 2.24) is 5.32 Å². The largest absolute Gasteiger partial charge is 0.392 e. The molecule has 1 saturated carbocycles. The molecule has 0 aliphatic heterocycles. The average Bonchev–Trinajstić information content (AvgIpc) is 3.05. The number of rotatable bonds is 7. The molecule has 0 aromatic carbocycles. The van der Waals surface area contributed by atoms with Gasteiger partial charge in [-0.1, -0.05) is 32.5 Å². The third-order valence-electron chi connectivity index (χ3n) is 4.11. The summed E-state index contributed by atoms with van der Waals surface area (Å²) in [6, 6.07) is 0. The molecule has 3 N–H and O–H groups in total. The first kappa shape index (κ1) is 14.4. The fourth-order valence-corrected chi connectivity index (χ4v) is 2.37. The maximum atomic E-state index is 12.1. The summed E-state index contributed by atoms with van der Waals surface area (Å²) in [6.07, 6.45) is 5.49. The highest BCUT2D eigenvalue weighted by Gasteiger charge is 2.43. The molecule has 1 atom stereocenters. The van der Waals surface area contributed by atoms with Gasteiger partial charge in [0.25, 0.3) is 0 Å². The highest BCUT2D eigenvalue weighted by atomic mass is 32.1. The molecule has 1 rings (SSSR count). The monoisotopic (exact) mass is 256 g/mol. The van der Waals surface area contributed by atoms with Crippen molar-refractivity contribution in [2.45, 2.75) is 52.9 Å². The number of thiocarbonyl (C=S) groups is 1. The molecule has 1 unspecified atom stereocenters. The van der Waals surface area contributed by atoms with E-state index in [4.69, 9.17) is 18.0 Å². The van der Waals surface area contributed by atoms with Gasteiger partial charge in [0.2, 0.25) is 5.91 Å². The number of hydrogen-bond acceptors (Lipinski definition) is 2. The topological polar surface area (TPSA) is 55.1 Å². The second-order valence-corrected chi connectivity index (χ2v) is 5.92. The van der Waals surface area contributed by atoms with Gasteiger partial charge < -0.3 is 11.1 Å². The highest BCUT2D eigenvalue weighted by molar-refractivity contribution is 7.80. The number of nitrogens with one attached hydrogen (secondary N) is 1. The summed E-state index contributed by atoms with van der Waals surface area (Å²) in [5.74, 6) is -0.0186. The fourth-order valence-electron chi connectivity index (χ4n) is 2.13. The summed E-state index contributed by atoms with van der Waals surface area (Å²) in [5.41, 5.74) is 5.34. The Kier molecular flexibility index (Phi) is 4.53. The molecule has 0 heterocycles. The maximum Gasteiger partial charge on any atom is 0.232 e. The molecule has 0 spiro atoms. The van der Waals surface area contributed by atoms with Gasteiger partial charge in [-0.05, 0) is 38.0 Å². The van der Waals surface area contributed by atoms with Crippen molar-refractivity contribution in [3.05, 3.63) is 0 Å². The molecule has 1 aliphatic rings. The van der Waals surface area contributed by atoms with E-state index in [1.807, 2.05) is 13.8 Å². The first-order chi connectivity index (χ1) is 7.90. The van der Waals surface area contributed by atoms with E-state index in [0.717, 1.165) is 6.54 Å². The zero-order valence-corrected chi connectivity index (χ0v) is 12.0. The van der Waals surface area contributed by atoms with E-state index in [0.29, 0.717) is 11.8 Å². The predicted octanol–water partition coefficient (Wildman–Crippen LogP) is 2.39. The van der Waals surface area contributed by atoms with E-state index in [2.05, 4.69) is 12.2 Å². The lowest BCUT2D eigenvalue weighted by molar-refractivity contribution is -0.127. The Balaban J connectivity index is 2.52. The van der Waals surface area contributed by atoms with Gasteiger partial charge in [-0.15, -0.1) is 0 Å². The van der Waals surface area contributed by atoms with Crippen molar-refractivity contribution in [2.24, 2.45) is 16.6 Å². The van der Waals surface area contributed by atoms with Gasteiger partial charge in [0, 0.05) is 6.54 Å². The van der Waals surface area contributed by atoms with Crippen LogP contribution >= 0.6 is 12.2 Å². The lowest BCUT2D eigenvalue weighted by Gasteiger charge is -2.27. The molecule has 3 nitrogen and oxygen atoms in total. The Morgan fingerprint density at radius 2 is 2.06 bits per heavy atom. The molecule has 1 fully saturated rings. The predicted molar refractivity (Wildman–Crippen MR) is 74.8 cm³/mol. The van der Waals surface area contributed by atoms with Crippen molar-refractivity contribution in [2.75, 3.05) is 6.54 Å². The third-order valence-corrected chi connectivity index (χ3v) is 4.56. The number of hydrogen-bond donors (Lipinski definition) is 2. The van der Waals surface area contributed by atoms with Crippen LogP contribution in [0.5, 0.6) is 0 Å². The zero-order chi connectivity index (χ0) is 13.1. The summed E-state index contributed by atoms with van der Waals surface area (Å²) in [5, 5.41) is 3.04. The van der Waals surface area contributed by atoms with Crippen molar-refractivity contribution < 1.29 is 4.79 Å². The summed E-state index contributed by atoms with van der Waals surface area (Å²) >= 11 is 5.00. The smallest absolute Gasteiger partial charge is 0.232 e. The summed E-state index contributed by atoms with van der Waals surface area (Å²) in [7, 11) is 0.